The molecule has 0 fully saturated rings. The van der Waals surface area contributed by atoms with Crippen LogP contribution >= 0.6 is 0 Å². The monoisotopic (exact) mass is 252 g/mol. The van der Waals surface area contributed by atoms with Crippen molar-refractivity contribution < 1.29 is 4.79 Å². The van der Waals surface area contributed by atoms with Crippen LogP contribution in [0.3, 0.4) is 0 Å². The van der Waals surface area contributed by atoms with Gasteiger partial charge in [0.2, 0.25) is 5.91 Å². The highest BCUT2D eigenvalue weighted by atomic mass is 16.1. The van der Waals surface area contributed by atoms with Crippen LogP contribution in [0.1, 0.15) is 18.1 Å². The van der Waals surface area contributed by atoms with E-state index in [0.29, 0.717) is 0 Å². The Morgan fingerprint density at radius 1 is 1.32 bits per heavy atom. The fourth-order valence-corrected chi connectivity index (χ4v) is 1.70. The van der Waals surface area contributed by atoms with E-state index in [9.17, 15) is 4.79 Å². The zero-order valence-electron chi connectivity index (χ0n) is 10.8. The van der Waals surface area contributed by atoms with Crippen molar-refractivity contribution in [2.75, 3.05) is 5.32 Å². The number of aromatic nitrogens is 1. The molecule has 96 valence electrons. The topological polar surface area (TPSA) is 42.0 Å². The summed E-state index contributed by atoms with van der Waals surface area (Å²) in [4.78, 5) is 15.8. The summed E-state index contributed by atoms with van der Waals surface area (Å²) in [5.74, 6) is -0.142. The van der Waals surface area contributed by atoms with Gasteiger partial charge < -0.3 is 5.32 Å². The van der Waals surface area contributed by atoms with Crippen molar-refractivity contribution in [2.24, 2.45) is 0 Å². The molecule has 2 rings (SSSR count). The van der Waals surface area contributed by atoms with Crippen molar-refractivity contribution in [1.29, 1.82) is 0 Å². The number of nitrogens with one attached hydrogen (secondary N) is 1. The molecule has 3 nitrogen and oxygen atoms in total. The van der Waals surface area contributed by atoms with Gasteiger partial charge in [0.05, 0.1) is 0 Å². The van der Waals surface area contributed by atoms with Gasteiger partial charge in [-0.25, -0.2) is 0 Å². The molecule has 0 aliphatic carbocycles. The molecule has 0 saturated heterocycles. The van der Waals surface area contributed by atoms with E-state index < -0.39 is 0 Å². The summed E-state index contributed by atoms with van der Waals surface area (Å²) in [7, 11) is 0. The predicted octanol–water partition coefficient (Wildman–Crippen LogP) is 3.30. The smallest absolute Gasteiger partial charge is 0.248 e. The maximum Gasteiger partial charge on any atom is 0.248 e. The standard InChI is InChI=1S/C16H16N2O/c1-2-13-5-3-7-15(11-13)18-16(19)9-8-14-6-4-10-17-12-14/h3-12H,2H2,1H3,(H,18,19)/b9-8+. The molecule has 1 aromatic carbocycles. The first-order valence-electron chi connectivity index (χ1n) is 6.26. The molecule has 0 spiro atoms. The zero-order valence-corrected chi connectivity index (χ0v) is 10.8. The van der Waals surface area contributed by atoms with Gasteiger partial charge in [0.1, 0.15) is 0 Å². The highest BCUT2D eigenvalue weighted by Crippen LogP contribution is 2.11. The number of benzene rings is 1. The molecule has 0 aliphatic rings. The van der Waals surface area contributed by atoms with E-state index in [0.717, 1.165) is 17.7 Å². The van der Waals surface area contributed by atoms with Gasteiger partial charge in [-0.05, 0) is 41.8 Å². The zero-order chi connectivity index (χ0) is 13.5. The lowest BCUT2D eigenvalue weighted by molar-refractivity contribution is -0.111. The lowest BCUT2D eigenvalue weighted by atomic mass is 10.1. The Hall–Kier alpha value is -2.42. The summed E-state index contributed by atoms with van der Waals surface area (Å²) in [5, 5.41) is 2.84. The van der Waals surface area contributed by atoms with Crippen LogP contribution < -0.4 is 5.32 Å². The van der Waals surface area contributed by atoms with Crippen molar-refractivity contribution in [3.63, 3.8) is 0 Å². The lowest BCUT2D eigenvalue weighted by Crippen LogP contribution is -2.07. The molecule has 2 aromatic rings. The van der Waals surface area contributed by atoms with Gasteiger partial charge in [-0.2, -0.15) is 0 Å². The molecule has 0 bridgehead atoms. The van der Waals surface area contributed by atoms with E-state index in [4.69, 9.17) is 0 Å². The van der Waals surface area contributed by atoms with Crippen LogP contribution in [0.2, 0.25) is 0 Å². The molecular formula is C16H16N2O. The number of hydrogen-bond donors (Lipinski definition) is 1. The summed E-state index contributed by atoms with van der Waals surface area (Å²) in [6.07, 6.45) is 7.62. The predicted molar refractivity (Wildman–Crippen MR) is 77.7 cm³/mol. The highest BCUT2D eigenvalue weighted by Gasteiger charge is 1.98. The number of nitrogens with zero attached hydrogens (tertiary/aromatic N) is 1. The van der Waals surface area contributed by atoms with Gasteiger partial charge in [0, 0.05) is 24.2 Å². The number of pyridine rings is 1. The second-order valence-electron chi connectivity index (χ2n) is 4.16. The minimum atomic E-state index is -0.142. The molecule has 0 saturated carbocycles. The molecule has 0 unspecified atom stereocenters. The molecule has 3 heteroatoms. The van der Waals surface area contributed by atoms with Crippen molar-refractivity contribution in [2.45, 2.75) is 13.3 Å². The van der Waals surface area contributed by atoms with Crippen LogP contribution in [0, 0.1) is 0 Å². The minimum absolute atomic E-state index is 0.142. The average Bonchev–Trinajstić information content (AvgIpc) is 2.46. The van der Waals surface area contributed by atoms with Gasteiger partial charge in [0.15, 0.2) is 0 Å². The second kappa shape index (κ2) is 6.50. The molecule has 1 N–H and O–H groups in total. The Morgan fingerprint density at radius 2 is 2.21 bits per heavy atom. The lowest BCUT2D eigenvalue weighted by Gasteiger charge is -2.04. The molecule has 1 aromatic heterocycles. The number of aryl methyl sites for hydroxylation is 1. The summed E-state index contributed by atoms with van der Waals surface area (Å²) in [5.41, 5.74) is 2.93. The Morgan fingerprint density at radius 3 is 2.95 bits per heavy atom. The Bertz CT molecular complexity index is 576. The maximum absolute atomic E-state index is 11.8. The Labute approximate surface area is 113 Å². The third-order valence-electron chi connectivity index (χ3n) is 2.71. The summed E-state index contributed by atoms with van der Waals surface area (Å²) in [6.45, 7) is 2.09. The molecule has 0 aliphatic heterocycles. The van der Waals surface area contributed by atoms with Crippen LogP contribution in [0.4, 0.5) is 5.69 Å². The van der Waals surface area contributed by atoms with Crippen molar-refractivity contribution in [1.82, 2.24) is 4.98 Å². The number of anilines is 1. The summed E-state index contributed by atoms with van der Waals surface area (Å²) < 4.78 is 0. The Kier molecular flexibility index (Phi) is 4.45. The molecular weight excluding hydrogens is 236 g/mol. The van der Waals surface area contributed by atoms with E-state index in [1.807, 2.05) is 36.4 Å². The van der Waals surface area contributed by atoms with Gasteiger partial charge in [-0.1, -0.05) is 25.1 Å². The number of carbonyl (C=O) groups excluding carboxylic acids is 1. The molecule has 1 amide bonds. The average molecular weight is 252 g/mol. The van der Waals surface area contributed by atoms with Crippen LogP contribution in [-0.2, 0) is 11.2 Å². The number of rotatable bonds is 4. The van der Waals surface area contributed by atoms with E-state index in [-0.39, 0.29) is 5.91 Å². The second-order valence-corrected chi connectivity index (χ2v) is 4.16. The quantitative estimate of drug-likeness (QED) is 0.848. The first kappa shape index (κ1) is 13.0. The molecule has 0 radical (unpaired) electrons. The fourth-order valence-electron chi connectivity index (χ4n) is 1.70. The van der Waals surface area contributed by atoms with Crippen LogP contribution in [0.15, 0.2) is 54.9 Å². The fraction of sp³-hybridized carbons (Fsp3) is 0.125. The highest BCUT2D eigenvalue weighted by molar-refractivity contribution is 6.01. The van der Waals surface area contributed by atoms with Gasteiger partial charge in [0.25, 0.3) is 0 Å². The summed E-state index contributed by atoms with van der Waals surface area (Å²) in [6, 6.07) is 11.6. The van der Waals surface area contributed by atoms with E-state index in [1.54, 1.807) is 18.5 Å². The van der Waals surface area contributed by atoms with Gasteiger partial charge in [-0.15, -0.1) is 0 Å². The third-order valence-corrected chi connectivity index (χ3v) is 2.71. The maximum atomic E-state index is 11.8. The van der Waals surface area contributed by atoms with Gasteiger partial charge >= 0.3 is 0 Å². The normalized spacial score (nSPS) is 10.6. The van der Waals surface area contributed by atoms with Crippen LogP contribution in [0.5, 0.6) is 0 Å². The third kappa shape index (κ3) is 4.07. The first-order valence-corrected chi connectivity index (χ1v) is 6.26. The Balaban J connectivity index is 1.99. The SMILES string of the molecule is CCc1cccc(NC(=O)/C=C/c2cccnc2)c1. The van der Waals surface area contributed by atoms with Crippen LogP contribution in [-0.4, -0.2) is 10.9 Å². The van der Waals surface area contributed by atoms with E-state index >= 15 is 0 Å². The minimum Gasteiger partial charge on any atom is -0.323 e. The largest absolute Gasteiger partial charge is 0.323 e. The first-order chi connectivity index (χ1) is 9.28. The van der Waals surface area contributed by atoms with Crippen molar-refractivity contribution >= 4 is 17.7 Å². The number of hydrogen-bond acceptors (Lipinski definition) is 2. The number of carbonyl (C=O) groups is 1. The molecule has 0 atom stereocenters. The van der Waals surface area contributed by atoms with E-state index in [1.165, 1.54) is 11.6 Å². The molecule has 19 heavy (non-hydrogen) atoms. The number of amides is 1. The van der Waals surface area contributed by atoms with Crippen molar-refractivity contribution in [3.8, 4) is 0 Å². The molecule has 1 heterocycles. The van der Waals surface area contributed by atoms with E-state index in [2.05, 4.69) is 17.2 Å². The summed E-state index contributed by atoms with van der Waals surface area (Å²) >= 11 is 0. The van der Waals surface area contributed by atoms with Gasteiger partial charge in [-0.3, -0.25) is 9.78 Å². The van der Waals surface area contributed by atoms with Crippen molar-refractivity contribution in [3.05, 3.63) is 66.0 Å². The van der Waals surface area contributed by atoms with Crippen LogP contribution in [0.25, 0.3) is 6.08 Å².